The molecule has 0 spiro atoms. The first-order chi connectivity index (χ1) is 14.5. The van der Waals surface area contributed by atoms with Crippen molar-refractivity contribution >= 4 is 34.0 Å². The lowest BCUT2D eigenvalue weighted by molar-refractivity contribution is 0.0239. The third kappa shape index (κ3) is 4.57. The molecule has 0 saturated carbocycles. The molecule has 0 radical (unpaired) electrons. The second kappa shape index (κ2) is 9.02. The first-order valence-electron chi connectivity index (χ1n) is 9.92. The van der Waals surface area contributed by atoms with Gasteiger partial charge in [-0.15, -0.1) is 0 Å². The largest absolute Gasteiger partial charge is 0.487 e. The fourth-order valence-corrected chi connectivity index (χ4v) is 3.48. The molecule has 1 aliphatic heterocycles. The molecular formula is C22H23ClFN3O3. The van der Waals surface area contributed by atoms with E-state index in [0.29, 0.717) is 41.4 Å². The molecule has 1 aliphatic rings. The van der Waals surface area contributed by atoms with E-state index in [0.717, 1.165) is 12.8 Å². The van der Waals surface area contributed by atoms with Crippen LogP contribution in [0.1, 0.15) is 26.7 Å². The summed E-state index contributed by atoms with van der Waals surface area (Å²) in [6, 6.07) is 8.43. The summed E-state index contributed by atoms with van der Waals surface area (Å²) in [5.41, 5.74) is 0.891. The van der Waals surface area contributed by atoms with Crippen LogP contribution in [0, 0.1) is 5.82 Å². The van der Waals surface area contributed by atoms with Gasteiger partial charge in [0.25, 0.3) is 0 Å². The van der Waals surface area contributed by atoms with E-state index in [1.165, 1.54) is 12.4 Å². The quantitative estimate of drug-likeness (QED) is 0.555. The van der Waals surface area contributed by atoms with Crippen LogP contribution in [-0.4, -0.2) is 35.4 Å². The Morgan fingerprint density at radius 3 is 2.73 bits per heavy atom. The topological polar surface area (TPSA) is 65.5 Å². The van der Waals surface area contributed by atoms with Gasteiger partial charge in [0.15, 0.2) is 17.3 Å². The van der Waals surface area contributed by atoms with Crippen molar-refractivity contribution in [1.82, 2.24) is 9.97 Å². The monoisotopic (exact) mass is 431 g/mol. The van der Waals surface area contributed by atoms with Crippen molar-refractivity contribution in [3.63, 3.8) is 0 Å². The van der Waals surface area contributed by atoms with Gasteiger partial charge in [0.05, 0.1) is 35.5 Å². The second-order valence-corrected chi connectivity index (χ2v) is 7.77. The molecule has 2 aromatic carbocycles. The molecular weight excluding hydrogens is 409 g/mol. The van der Waals surface area contributed by atoms with Gasteiger partial charge in [-0.05, 0) is 32.0 Å². The zero-order valence-electron chi connectivity index (χ0n) is 16.8. The van der Waals surface area contributed by atoms with Gasteiger partial charge < -0.3 is 19.5 Å². The third-order valence-electron chi connectivity index (χ3n) is 4.73. The highest BCUT2D eigenvalue weighted by Crippen LogP contribution is 2.37. The smallest absolute Gasteiger partial charge is 0.165 e. The van der Waals surface area contributed by atoms with Crippen LogP contribution in [-0.2, 0) is 4.74 Å². The molecule has 6 nitrogen and oxygen atoms in total. The zero-order valence-corrected chi connectivity index (χ0v) is 17.6. The van der Waals surface area contributed by atoms with Gasteiger partial charge in [0.1, 0.15) is 18.2 Å². The molecule has 1 fully saturated rings. The number of hydrogen-bond acceptors (Lipinski definition) is 6. The van der Waals surface area contributed by atoms with E-state index >= 15 is 0 Å². The van der Waals surface area contributed by atoms with E-state index in [9.17, 15) is 4.39 Å². The minimum atomic E-state index is -0.538. The van der Waals surface area contributed by atoms with Crippen LogP contribution >= 0.6 is 11.6 Å². The van der Waals surface area contributed by atoms with Crippen molar-refractivity contribution < 1.29 is 18.6 Å². The van der Waals surface area contributed by atoms with E-state index in [1.54, 1.807) is 12.1 Å². The molecule has 158 valence electrons. The number of aromatic nitrogens is 2. The maximum atomic E-state index is 14.4. The number of fused-ring (bicyclic) bond motifs is 1. The van der Waals surface area contributed by atoms with Crippen LogP contribution in [0.2, 0.25) is 5.02 Å². The Hall–Kier alpha value is -2.64. The van der Waals surface area contributed by atoms with E-state index in [2.05, 4.69) is 15.3 Å². The number of ether oxygens (including phenoxy) is 3. The summed E-state index contributed by atoms with van der Waals surface area (Å²) in [6.07, 6.45) is 3.05. The highest BCUT2D eigenvalue weighted by molar-refractivity contribution is 6.31. The summed E-state index contributed by atoms with van der Waals surface area (Å²) < 4.78 is 32.0. The zero-order chi connectivity index (χ0) is 21.1. The molecule has 0 atom stereocenters. The van der Waals surface area contributed by atoms with Crippen LogP contribution in [0.4, 0.5) is 15.9 Å². The molecule has 1 saturated heterocycles. The molecule has 1 aromatic heterocycles. The molecule has 30 heavy (non-hydrogen) atoms. The minimum Gasteiger partial charge on any atom is -0.487 e. The Bertz CT molecular complexity index is 1040. The van der Waals surface area contributed by atoms with Crippen molar-refractivity contribution in [2.75, 3.05) is 18.5 Å². The Balaban J connectivity index is 1.74. The predicted octanol–water partition coefficient (Wildman–Crippen LogP) is 5.51. The highest BCUT2D eigenvalue weighted by atomic mass is 35.5. The Kier molecular flexibility index (Phi) is 6.20. The summed E-state index contributed by atoms with van der Waals surface area (Å²) >= 11 is 5.91. The summed E-state index contributed by atoms with van der Waals surface area (Å²) in [6.45, 7) is 5.25. The summed E-state index contributed by atoms with van der Waals surface area (Å²) in [5.74, 6) is 1.13. The van der Waals surface area contributed by atoms with Crippen LogP contribution < -0.4 is 14.8 Å². The van der Waals surface area contributed by atoms with Gasteiger partial charge in [-0.1, -0.05) is 17.7 Å². The Labute approximate surface area is 179 Å². The average molecular weight is 432 g/mol. The summed E-state index contributed by atoms with van der Waals surface area (Å²) in [4.78, 5) is 8.66. The molecule has 4 rings (SSSR count). The van der Waals surface area contributed by atoms with Gasteiger partial charge in [-0.25, -0.2) is 14.4 Å². The normalized spacial score (nSPS) is 14.8. The second-order valence-electron chi connectivity index (χ2n) is 7.36. The number of nitrogens with one attached hydrogen (secondary N) is 1. The number of anilines is 2. The maximum absolute atomic E-state index is 14.4. The van der Waals surface area contributed by atoms with Crippen LogP contribution in [0.25, 0.3) is 10.9 Å². The minimum absolute atomic E-state index is 0.0283. The average Bonchev–Trinajstić information content (AvgIpc) is 2.72. The van der Waals surface area contributed by atoms with E-state index in [1.807, 2.05) is 26.0 Å². The maximum Gasteiger partial charge on any atom is 0.165 e. The van der Waals surface area contributed by atoms with Gasteiger partial charge >= 0.3 is 0 Å². The van der Waals surface area contributed by atoms with Crippen molar-refractivity contribution in [2.45, 2.75) is 38.9 Å². The fraction of sp³-hybridized carbons (Fsp3) is 0.364. The highest BCUT2D eigenvalue weighted by Gasteiger charge is 2.20. The predicted molar refractivity (Wildman–Crippen MR) is 114 cm³/mol. The van der Waals surface area contributed by atoms with E-state index in [-0.39, 0.29) is 22.9 Å². The third-order valence-corrected chi connectivity index (χ3v) is 5.02. The van der Waals surface area contributed by atoms with Crippen LogP contribution in [0.3, 0.4) is 0 Å². The van der Waals surface area contributed by atoms with Crippen LogP contribution in [0.15, 0.2) is 36.7 Å². The van der Waals surface area contributed by atoms with Gasteiger partial charge in [0, 0.05) is 24.3 Å². The molecule has 2 heterocycles. The van der Waals surface area contributed by atoms with E-state index in [4.69, 9.17) is 25.8 Å². The molecule has 8 heteroatoms. The van der Waals surface area contributed by atoms with Crippen molar-refractivity contribution in [3.8, 4) is 11.5 Å². The molecule has 1 N–H and O–H groups in total. The van der Waals surface area contributed by atoms with E-state index < -0.39 is 5.82 Å². The SMILES string of the molecule is CC(C)Oc1cc2ncnc(Nc3cccc(Cl)c3F)c2cc1OC1CCOCC1. The summed E-state index contributed by atoms with van der Waals surface area (Å²) in [7, 11) is 0. The van der Waals surface area contributed by atoms with Crippen molar-refractivity contribution in [3.05, 3.63) is 47.5 Å². The Morgan fingerprint density at radius 2 is 1.97 bits per heavy atom. The molecule has 0 amide bonds. The van der Waals surface area contributed by atoms with Gasteiger partial charge in [-0.3, -0.25) is 0 Å². The van der Waals surface area contributed by atoms with Gasteiger partial charge in [0.2, 0.25) is 0 Å². The Morgan fingerprint density at radius 1 is 1.17 bits per heavy atom. The first kappa shape index (κ1) is 20.6. The lowest BCUT2D eigenvalue weighted by atomic mass is 10.1. The number of rotatable bonds is 6. The number of halogens is 2. The number of benzene rings is 2. The van der Waals surface area contributed by atoms with Crippen molar-refractivity contribution in [2.24, 2.45) is 0 Å². The molecule has 0 bridgehead atoms. The first-order valence-corrected chi connectivity index (χ1v) is 10.3. The van der Waals surface area contributed by atoms with Crippen molar-refractivity contribution in [1.29, 1.82) is 0 Å². The fourth-order valence-electron chi connectivity index (χ4n) is 3.30. The number of nitrogens with zero attached hydrogens (tertiary/aromatic N) is 2. The summed E-state index contributed by atoms with van der Waals surface area (Å²) in [5, 5.41) is 3.75. The molecule has 0 unspecified atom stereocenters. The lowest BCUT2D eigenvalue weighted by Crippen LogP contribution is -2.26. The molecule has 0 aliphatic carbocycles. The lowest BCUT2D eigenvalue weighted by Gasteiger charge is -2.25. The van der Waals surface area contributed by atoms with Crippen LogP contribution in [0.5, 0.6) is 11.5 Å². The van der Waals surface area contributed by atoms with Gasteiger partial charge in [-0.2, -0.15) is 0 Å². The molecule has 3 aromatic rings. The number of hydrogen-bond donors (Lipinski definition) is 1. The standard InChI is InChI=1S/C22H23ClFN3O3/c1-13(2)29-20-11-18-15(10-19(20)30-14-6-8-28-9-7-14)22(26-12-25-18)27-17-5-3-4-16(23)21(17)24/h3-5,10-14H,6-9H2,1-2H3,(H,25,26,27).